The molecular weight excluding hydrogens is 269 g/mol. The summed E-state index contributed by atoms with van der Waals surface area (Å²) >= 11 is 2.09. The first kappa shape index (κ1) is 11.6. The van der Waals surface area contributed by atoms with Gasteiger partial charge in [0.25, 0.3) is 0 Å². The van der Waals surface area contributed by atoms with Crippen LogP contribution in [-0.2, 0) is 0 Å². The van der Waals surface area contributed by atoms with Crippen molar-refractivity contribution in [1.29, 1.82) is 0 Å². The topological polar surface area (TPSA) is 40.5 Å². The van der Waals surface area contributed by atoms with Crippen molar-refractivity contribution < 1.29 is 9.90 Å². The van der Waals surface area contributed by atoms with Gasteiger partial charge in [-0.2, -0.15) is 0 Å². The smallest absolute Gasteiger partial charge is 0.419 e. The molecule has 0 aliphatic heterocycles. The van der Waals surface area contributed by atoms with Gasteiger partial charge in [0.05, 0.1) is 4.43 Å². The Labute approximate surface area is 86.3 Å². The summed E-state index contributed by atoms with van der Waals surface area (Å²) in [6, 6.07) is 2.58. The summed E-state index contributed by atoms with van der Waals surface area (Å²) in [5.74, 6) is 2.72. The minimum atomic E-state index is -0.958. The van der Waals surface area contributed by atoms with E-state index in [9.17, 15) is 4.79 Å². The number of halogens is 1. The fraction of sp³-hybridized carbons (Fsp3) is 0.625. The maximum atomic E-state index is 10.5. The van der Waals surface area contributed by atoms with Gasteiger partial charge in [0.15, 0.2) is 0 Å². The average molecular weight is 281 g/mol. The summed E-state index contributed by atoms with van der Waals surface area (Å²) in [4.78, 5) is 11.7. The number of carboxylic acid groups (broad SMARTS) is 1. The monoisotopic (exact) mass is 281 g/mol. The molecule has 0 aromatic carbocycles. The minimum Gasteiger partial charge on any atom is -0.464 e. The Kier molecular flexibility index (Phi) is 6.96. The quantitative estimate of drug-likeness (QED) is 0.373. The Bertz CT molecular complexity index is 195. The second kappa shape index (κ2) is 7.22. The van der Waals surface area contributed by atoms with Gasteiger partial charge in [0.2, 0.25) is 0 Å². The second-order valence-electron chi connectivity index (χ2n) is 2.21. The molecule has 0 unspecified atom stereocenters. The van der Waals surface area contributed by atoms with E-state index in [-0.39, 0.29) is 0 Å². The highest BCUT2D eigenvalue weighted by Gasteiger charge is 2.06. The molecule has 0 saturated carbocycles. The lowest BCUT2D eigenvalue weighted by molar-refractivity contribution is 0.165. The van der Waals surface area contributed by atoms with Gasteiger partial charge in [-0.15, -0.1) is 0 Å². The van der Waals surface area contributed by atoms with Crippen LogP contribution in [0.5, 0.6) is 0 Å². The molecule has 0 spiro atoms. The van der Waals surface area contributed by atoms with Crippen LogP contribution in [0.4, 0.5) is 4.79 Å². The zero-order valence-electron chi connectivity index (χ0n) is 7.01. The van der Waals surface area contributed by atoms with Crippen LogP contribution in [0.15, 0.2) is 0 Å². The van der Waals surface area contributed by atoms with E-state index in [0.29, 0.717) is 11.0 Å². The molecule has 0 heterocycles. The normalized spacial score (nSPS) is 8.50. The van der Waals surface area contributed by atoms with Gasteiger partial charge in [-0.05, 0) is 6.42 Å². The molecule has 1 N–H and O–H groups in total. The van der Waals surface area contributed by atoms with Crippen molar-refractivity contribution in [2.75, 3.05) is 11.0 Å². The van der Waals surface area contributed by atoms with E-state index in [1.165, 1.54) is 0 Å². The summed E-state index contributed by atoms with van der Waals surface area (Å²) in [7, 11) is 0. The van der Waals surface area contributed by atoms with Crippen molar-refractivity contribution in [3.8, 4) is 12.0 Å². The predicted octanol–water partition coefficient (Wildman–Crippen LogP) is 2.16. The summed E-state index contributed by atoms with van der Waals surface area (Å²) in [6.45, 7) is 2.53. The maximum Gasteiger partial charge on any atom is 0.419 e. The first-order valence-corrected chi connectivity index (χ1v) is 5.29. The predicted molar refractivity (Wildman–Crippen MR) is 56.3 cm³/mol. The fourth-order valence-electron chi connectivity index (χ4n) is 0.641. The number of alkyl halides is 1. The zero-order chi connectivity index (χ0) is 9.40. The summed E-state index contributed by atoms with van der Waals surface area (Å²) < 4.78 is 0.660. The lowest BCUT2D eigenvalue weighted by Crippen LogP contribution is -2.25. The fourth-order valence-corrected chi connectivity index (χ4v) is 0.811. The maximum absolute atomic E-state index is 10.5. The Balaban J connectivity index is 3.95. The molecule has 0 bridgehead atoms. The third-order valence-electron chi connectivity index (χ3n) is 1.25. The van der Waals surface area contributed by atoms with Crippen LogP contribution < -0.4 is 0 Å². The molecule has 3 nitrogen and oxygen atoms in total. The second-order valence-corrected chi connectivity index (χ2v) is 2.97. The molecule has 0 aromatic heterocycles. The van der Waals surface area contributed by atoms with Crippen molar-refractivity contribution in [2.24, 2.45) is 0 Å². The highest BCUT2D eigenvalue weighted by molar-refractivity contribution is 14.1. The van der Waals surface area contributed by atoms with E-state index >= 15 is 0 Å². The standard InChI is InChI=1S/C8H12INO2/c1-2-3-6-10(8(11)12)7-4-5-9/h2-3,5-6H2,1H3,(H,11,12). The molecule has 0 radical (unpaired) electrons. The van der Waals surface area contributed by atoms with Crippen LogP contribution in [0.1, 0.15) is 19.8 Å². The van der Waals surface area contributed by atoms with Gasteiger partial charge in [-0.25, -0.2) is 9.69 Å². The molecule has 0 aromatic rings. The van der Waals surface area contributed by atoms with E-state index < -0.39 is 6.09 Å². The zero-order valence-corrected chi connectivity index (χ0v) is 9.17. The number of rotatable bonds is 3. The first-order valence-electron chi connectivity index (χ1n) is 3.77. The van der Waals surface area contributed by atoms with Gasteiger partial charge < -0.3 is 5.11 Å². The van der Waals surface area contributed by atoms with Crippen molar-refractivity contribution in [1.82, 2.24) is 4.90 Å². The number of carbonyl (C=O) groups is 1. The van der Waals surface area contributed by atoms with E-state index in [2.05, 4.69) is 34.6 Å². The van der Waals surface area contributed by atoms with E-state index in [1.807, 2.05) is 6.92 Å². The molecule has 68 valence electrons. The molecule has 0 saturated heterocycles. The molecule has 1 amide bonds. The van der Waals surface area contributed by atoms with Crippen molar-refractivity contribution in [2.45, 2.75) is 19.8 Å². The Hall–Kier alpha value is -0.440. The molecule has 0 atom stereocenters. The SMILES string of the molecule is CCCCN(C#CCI)C(=O)O. The van der Waals surface area contributed by atoms with Gasteiger partial charge in [-0.1, -0.05) is 41.9 Å². The van der Waals surface area contributed by atoms with Gasteiger partial charge in [0.1, 0.15) is 0 Å². The first-order chi connectivity index (χ1) is 5.72. The highest BCUT2D eigenvalue weighted by atomic mass is 127. The van der Waals surface area contributed by atoms with E-state index in [1.54, 1.807) is 0 Å². The van der Waals surface area contributed by atoms with Crippen LogP contribution in [0.3, 0.4) is 0 Å². The molecule has 0 fully saturated rings. The van der Waals surface area contributed by atoms with Crippen molar-refractivity contribution in [3.63, 3.8) is 0 Å². The van der Waals surface area contributed by atoms with Crippen molar-refractivity contribution in [3.05, 3.63) is 0 Å². The van der Waals surface area contributed by atoms with Crippen LogP contribution in [0.25, 0.3) is 0 Å². The summed E-state index contributed by atoms with van der Waals surface area (Å²) in [5, 5.41) is 8.65. The van der Waals surface area contributed by atoms with E-state index in [4.69, 9.17) is 5.11 Å². The Morgan fingerprint density at radius 3 is 2.75 bits per heavy atom. The number of amides is 1. The third-order valence-corrected chi connectivity index (χ3v) is 1.63. The molecule has 0 rings (SSSR count). The summed E-state index contributed by atoms with van der Waals surface area (Å²) in [5.41, 5.74) is 0. The van der Waals surface area contributed by atoms with E-state index in [0.717, 1.165) is 17.7 Å². The molecule has 0 aliphatic rings. The van der Waals surface area contributed by atoms with Crippen LogP contribution >= 0.6 is 22.6 Å². The Morgan fingerprint density at radius 1 is 1.67 bits per heavy atom. The molecule has 12 heavy (non-hydrogen) atoms. The highest BCUT2D eigenvalue weighted by Crippen LogP contribution is 1.93. The van der Waals surface area contributed by atoms with Crippen molar-refractivity contribution >= 4 is 28.7 Å². The molecule has 4 heteroatoms. The molecule has 0 aliphatic carbocycles. The number of nitrogens with zero attached hydrogens (tertiary/aromatic N) is 1. The lowest BCUT2D eigenvalue weighted by Gasteiger charge is -2.09. The number of hydrogen-bond donors (Lipinski definition) is 1. The molecular formula is C8H12INO2. The van der Waals surface area contributed by atoms with Crippen LogP contribution in [0, 0.1) is 12.0 Å². The number of hydrogen-bond acceptors (Lipinski definition) is 1. The third kappa shape index (κ3) is 5.24. The van der Waals surface area contributed by atoms with Gasteiger partial charge in [-0.3, -0.25) is 0 Å². The van der Waals surface area contributed by atoms with Crippen LogP contribution in [0.2, 0.25) is 0 Å². The average Bonchev–Trinajstić information content (AvgIpc) is 2.04. The number of unbranched alkanes of at least 4 members (excludes halogenated alkanes) is 1. The van der Waals surface area contributed by atoms with Gasteiger partial charge >= 0.3 is 6.09 Å². The van der Waals surface area contributed by atoms with Crippen LogP contribution in [-0.4, -0.2) is 27.1 Å². The minimum absolute atomic E-state index is 0.509. The lowest BCUT2D eigenvalue weighted by atomic mass is 10.3. The van der Waals surface area contributed by atoms with Gasteiger partial charge in [0, 0.05) is 12.6 Å². The largest absolute Gasteiger partial charge is 0.464 e. The summed E-state index contributed by atoms with van der Waals surface area (Å²) in [6.07, 6.45) is 0.888. The Morgan fingerprint density at radius 2 is 2.33 bits per heavy atom.